The summed E-state index contributed by atoms with van der Waals surface area (Å²) < 4.78 is 20.1. The molecule has 2 aromatic heterocycles. The second-order valence-corrected chi connectivity index (χ2v) is 7.70. The van der Waals surface area contributed by atoms with Gasteiger partial charge in [0.25, 0.3) is 5.91 Å². The van der Waals surface area contributed by atoms with Gasteiger partial charge >= 0.3 is 5.97 Å². The van der Waals surface area contributed by atoms with Gasteiger partial charge in [-0.3, -0.25) is 4.79 Å². The van der Waals surface area contributed by atoms with Crippen molar-refractivity contribution in [2.75, 3.05) is 7.11 Å². The number of fused-ring (bicyclic) bond motifs is 1. The van der Waals surface area contributed by atoms with Crippen molar-refractivity contribution in [3.63, 3.8) is 0 Å². The zero-order valence-electron chi connectivity index (χ0n) is 16.0. The number of ether oxygens (including phenoxy) is 1. The zero-order valence-corrected chi connectivity index (χ0v) is 16.9. The summed E-state index contributed by atoms with van der Waals surface area (Å²) in [6, 6.07) is 16.4. The van der Waals surface area contributed by atoms with Gasteiger partial charge in [-0.25, -0.2) is 14.2 Å². The fraction of sp³-hybridized carbons (Fsp3) is 0.136. The summed E-state index contributed by atoms with van der Waals surface area (Å²) in [4.78, 5) is 29.7. The fourth-order valence-corrected chi connectivity index (χ4v) is 4.01. The predicted octanol–water partition coefficient (Wildman–Crippen LogP) is 4.19. The van der Waals surface area contributed by atoms with E-state index in [1.165, 1.54) is 19.2 Å². The molecule has 0 aliphatic heterocycles. The lowest BCUT2D eigenvalue weighted by atomic mass is 10.1. The third-order valence-electron chi connectivity index (χ3n) is 4.70. The number of hydrogen-bond donors (Lipinski definition) is 1. The molecule has 8 heteroatoms. The van der Waals surface area contributed by atoms with Gasteiger partial charge in [-0.15, -0.1) is 11.3 Å². The van der Waals surface area contributed by atoms with Crippen molar-refractivity contribution < 1.29 is 18.7 Å². The standard InChI is InChI=1S/C22H18FN3O3S/c1-29-22(28)20-11-10-19(30-20)21(27)25-17(14-6-8-15(23)9-7-14)12-26-13-24-16-4-2-3-5-18(16)26/h2-11,13,17H,12H2,1H3,(H,25,27). The lowest BCUT2D eigenvalue weighted by Crippen LogP contribution is -2.31. The first-order valence-corrected chi connectivity index (χ1v) is 10.0. The molecule has 6 nitrogen and oxygen atoms in total. The van der Waals surface area contributed by atoms with E-state index in [2.05, 4.69) is 10.3 Å². The van der Waals surface area contributed by atoms with Crippen molar-refractivity contribution in [2.24, 2.45) is 0 Å². The van der Waals surface area contributed by atoms with Crippen molar-refractivity contribution >= 4 is 34.2 Å². The van der Waals surface area contributed by atoms with E-state index in [1.54, 1.807) is 30.6 Å². The minimum atomic E-state index is -0.487. The Labute approximate surface area is 175 Å². The first kappa shape index (κ1) is 19.8. The SMILES string of the molecule is COC(=O)c1ccc(C(=O)NC(Cn2cnc3ccccc32)c2ccc(F)cc2)s1. The van der Waals surface area contributed by atoms with Crippen LogP contribution in [0.4, 0.5) is 4.39 Å². The number of halogens is 1. The molecule has 1 unspecified atom stereocenters. The number of imidazole rings is 1. The summed E-state index contributed by atoms with van der Waals surface area (Å²) in [5.41, 5.74) is 2.54. The lowest BCUT2D eigenvalue weighted by molar-refractivity contribution is 0.0606. The van der Waals surface area contributed by atoms with E-state index in [4.69, 9.17) is 4.74 Å². The van der Waals surface area contributed by atoms with Crippen LogP contribution in [-0.4, -0.2) is 28.5 Å². The summed E-state index contributed by atoms with van der Waals surface area (Å²) in [5.74, 6) is -1.16. The van der Waals surface area contributed by atoms with E-state index in [9.17, 15) is 14.0 Å². The monoisotopic (exact) mass is 423 g/mol. The fourth-order valence-electron chi connectivity index (χ4n) is 3.18. The third-order valence-corrected chi connectivity index (χ3v) is 5.76. The van der Waals surface area contributed by atoms with Crippen LogP contribution < -0.4 is 5.32 Å². The molecule has 0 bridgehead atoms. The molecule has 4 aromatic rings. The molecular weight excluding hydrogens is 405 g/mol. The van der Waals surface area contributed by atoms with Gasteiger partial charge in [0.2, 0.25) is 0 Å². The Morgan fingerprint density at radius 3 is 2.60 bits per heavy atom. The van der Waals surface area contributed by atoms with Crippen LogP contribution in [0.3, 0.4) is 0 Å². The zero-order chi connectivity index (χ0) is 21.1. The van der Waals surface area contributed by atoms with E-state index in [0.717, 1.165) is 27.9 Å². The van der Waals surface area contributed by atoms with Gasteiger partial charge in [-0.05, 0) is 42.0 Å². The number of rotatable bonds is 6. The molecule has 0 fully saturated rings. The first-order chi connectivity index (χ1) is 14.5. The van der Waals surface area contributed by atoms with Gasteiger partial charge in [0.15, 0.2) is 0 Å². The lowest BCUT2D eigenvalue weighted by Gasteiger charge is -2.20. The highest BCUT2D eigenvalue weighted by molar-refractivity contribution is 7.15. The highest BCUT2D eigenvalue weighted by atomic mass is 32.1. The maximum Gasteiger partial charge on any atom is 0.348 e. The number of methoxy groups -OCH3 is 1. The normalized spacial score (nSPS) is 11.9. The summed E-state index contributed by atoms with van der Waals surface area (Å²) in [7, 11) is 1.29. The van der Waals surface area contributed by atoms with Crippen LogP contribution >= 0.6 is 11.3 Å². The Bertz CT molecular complexity index is 1200. The van der Waals surface area contributed by atoms with Crippen molar-refractivity contribution in [1.82, 2.24) is 14.9 Å². The Morgan fingerprint density at radius 1 is 1.10 bits per heavy atom. The number of para-hydroxylation sites is 2. The average molecular weight is 423 g/mol. The number of nitrogens with one attached hydrogen (secondary N) is 1. The smallest absolute Gasteiger partial charge is 0.348 e. The second kappa shape index (κ2) is 8.46. The van der Waals surface area contributed by atoms with E-state index in [1.807, 2.05) is 28.8 Å². The molecule has 0 aliphatic carbocycles. The quantitative estimate of drug-likeness (QED) is 0.472. The number of carbonyl (C=O) groups is 2. The van der Waals surface area contributed by atoms with Crippen LogP contribution in [0, 0.1) is 5.82 Å². The number of esters is 1. The average Bonchev–Trinajstić information content (AvgIpc) is 3.41. The predicted molar refractivity (Wildman–Crippen MR) is 112 cm³/mol. The topological polar surface area (TPSA) is 73.2 Å². The van der Waals surface area contributed by atoms with Gasteiger partial charge in [0.05, 0.1) is 35.4 Å². The maximum atomic E-state index is 13.4. The highest BCUT2D eigenvalue weighted by Gasteiger charge is 2.20. The van der Waals surface area contributed by atoms with E-state index in [-0.39, 0.29) is 11.7 Å². The summed E-state index contributed by atoms with van der Waals surface area (Å²) in [6.07, 6.45) is 1.72. The molecule has 4 rings (SSSR count). The Kier molecular flexibility index (Phi) is 5.58. The molecule has 30 heavy (non-hydrogen) atoms. The Balaban J connectivity index is 1.62. The van der Waals surface area contributed by atoms with E-state index >= 15 is 0 Å². The number of aromatic nitrogens is 2. The van der Waals surface area contributed by atoms with Crippen molar-refractivity contribution in [3.05, 3.63) is 88.1 Å². The molecule has 1 amide bonds. The van der Waals surface area contributed by atoms with Gasteiger partial charge in [0, 0.05) is 6.54 Å². The number of amides is 1. The molecular formula is C22H18FN3O3S. The van der Waals surface area contributed by atoms with E-state index in [0.29, 0.717) is 16.3 Å². The minimum Gasteiger partial charge on any atom is -0.465 e. The Hall–Kier alpha value is -3.52. The van der Waals surface area contributed by atoms with Gasteiger partial charge in [-0.2, -0.15) is 0 Å². The summed E-state index contributed by atoms with van der Waals surface area (Å²) >= 11 is 1.06. The largest absolute Gasteiger partial charge is 0.465 e. The van der Waals surface area contributed by atoms with Gasteiger partial charge in [-0.1, -0.05) is 24.3 Å². The molecule has 0 spiro atoms. The molecule has 2 heterocycles. The molecule has 0 saturated heterocycles. The van der Waals surface area contributed by atoms with Crippen LogP contribution in [0.1, 0.15) is 30.9 Å². The number of carbonyl (C=O) groups excluding carboxylic acids is 2. The molecule has 1 atom stereocenters. The van der Waals surface area contributed by atoms with Crippen LogP contribution in [0.15, 0.2) is 67.0 Å². The minimum absolute atomic E-state index is 0.325. The third kappa shape index (κ3) is 4.08. The Morgan fingerprint density at radius 2 is 1.83 bits per heavy atom. The van der Waals surface area contributed by atoms with Gasteiger partial charge in [0.1, 0.15) is 10.7 Å². The molecule has 0 saturated carbocycles. The molecule has 0 radical (unpaired) electrons. The van der Waals surface area contributed by atoms with Crippen LogP contribution in [0.5, 0.6) is 0 Å². The van der Waals surface area contributed by atoms with Gasteiger partial charge < -0.3 is 14.6 Å². The first-order valence-electron chi connectivity index (χ1n) is 9.19. The van der Waals surface area contributed by atoms with Crippen molar-refractivity contribution in [3.8, 4) is 0 Å². The number of hydrogen-bond acceptors (Lipinski definition) is 5. The number of nitrogens with zero attached hydrogens (tertiary/aromatic N) is 2. The van der Waals surface area contributed by atoms with Crippen molar-refractivity contribution in [2.45, 2.75) is 12.6 Å². The number of thiophene rings is 1. The maximum absolute atomic E-state index is 13.4. The van der Waals surface area contributed by atoms with Crippen LogP contribution in [-0.2, 0) is 11.3 Å². The summed E-state index contributed by atoms with van der Waals surface area (Å²) in [5, 5.41) is 2.99. The second-order valence-electron chi connectivity index (χ2n) is 6.62. The molecule has 2 aromatic carbocycles. The molecule has 1 N–H and O–H groups in total. The van der Waals surface area contributed by atoms with Crippen LogP contribution in [0.2, 0.25) is 0 Å². The number of benzene rings is 2. The molecule has 152 valence electrons. The van der Waals surface area contributed by atoms with Crippen LogP contribution in [0.25, 0.3) is 11.0 Å². The molecule has 0 aliphatic rings. The van der Waals surface area contributed by atoms with Crippen molar-refractivity contribution in [1.29, 1.82) is 0 Å². The highest BCUT2D eigenvalue weighted by Crippen LogP contribution is 2.22. The van der Waals surface area contributed by atoms with E-state index < -0.39 is 12.0 Å². The summed E-state index contributed by atoms with van der Waals surface area (Å²) in [6.45, 7) is 0.410.